The summed E-state index contributed by atoms with van der Waals surface area (Å²) in [6.45, 7) is 0. The Hall–Kier alpha value is -4.57. The predicted molar refractivity (Wildman–Crippen MR) is 144 cm³/mol. The quantitative estimate of drug-likeness (QED) is 0.291. The molecule has 1 aromatic heterocycles. The summed E-state index contributed by atoms with van der Waals surface area (Å²) in [5, 5.41) is 2.26. The van der Waals surface area contributed by atoms with Crippen LogP contribution in [0.4, 0.5) is 0 Å². The van der Waals surface area contributed by atoms with E-state index in [-0.39, 0.29) is 0 Å². The molecule has 0 aliphatic heterocycles. The highest BCUT2D eigenvalue weighted by Gasteiger charge is 2.14. The zero-order valence-electron chi connectivity index (χ0n) is 19.0. The Bertz CT molecular complexity index is 1660. The van der Waals surface area contributed by atoms with E-state index < -0.39 is 0 Å². The molecule has 0 saturated carbocycles. The summed E-state index contributed by atoms with van der Waals surface area (Å²) in [6, 6.07) is 40.7. The molecule has 0 unspecified atom stereocenters. The van der Waals surface area contributed by atoms with Crippen molar-refractivity contribution >= 4 is 24.1 Å². The molecular formula is C31H20BN3. The van der Waals surface area contributed by atoms with Crippen molar-refractivity contribution in [1.82, 2.24) is 15.0 Å². The van der Waals surface area contributed by atoms with Gasteiger partial charge in [0.15, 0.2) is 17.5 Å². The van der Waals surface area contributed by atoms with Crippen molar-refractivity contribution in [3.63, 3.8) is 0 Å². The summed E-state index contributed by atoms with van der Waals surface area (Å²) in [5.41, 5.74) is 5.70. The second-order valence-corrected chi connectivity index (χ2v) is 8.41. The minimum absolute atomic E-state index is 0.632. The Balaban J connectivity index is 1.56. The van der Waals surface area contributed by atoms with Crippen LogP contribution in [0.5, 0.6) is 0 Å². The zero-order chi connectivity index (χ0) is 23.6. The molecule has 1 heterocycles. The minimum atomic E-state index is 0.632. The van der Waals surface area contributed by atoms with Crippen LogP contribution < -0.4 is 5.46 Å². The summed E-state index contributed by atoms with van der Waals surface area (Å²) in [6.07, 6.45) is 0. The van der Waals surface area contributed by atoms with E-state index in [1.807, 2.05) is 78.9 Å². The molecule has 4 heteroatoms. The third-order valence-electron chi connectivity index (χ3n) is 6.04. The summed E-state index contributed by atoms with van der Waals surface area (Å²) >= 11 is 0. The van der Waals surface area contributed by atoms with Crippen molar-refractivity contribution < 1.29 is 0 Å². The number of hydrogen-bond acceptors (Lipinski definition) is 3. The SMILES string of the molecule is [B]c1cccc(-c2cccc(-c3nc(-c4ccccc4)nc(-c4cccc5ccccc45)n3)c2)c1. The largest absolute Gasteiger partial charge is 0.208 e. The van der Waals surface area contributed by atoms with Gasteiger partial charge in [-0.05, 0) is 28.0 Å². The average Bonchev–Trinajstić information content (AvgIpc) is 2.93. The molecule has 6 aromatic rings. The first-order valence-electron chi connectivity index (χ1n) is 11.5. The van der Waals surface area contributed by atoms with E-state index in [4.69, 9.17) is 22.8 Å². The van der Waals surface area contributed by atoms with E-state index in [0.29, 0.717) is 17.5 Å². The number of nitrogens with zero attached hydrogens (tertiary/aromatic N) is 3. The highest BCUT2D eigenvalue weighted by Crippen LogP contribution is 2.30. The second-order valence-electron chi connectivity index (χ2n) is 8.41. The standard InChI is InChI=1S/C31H20BN3/c32-26-16-7-14-24(20-26)23-13-6-15-25(19-23)30-33-29(22-10-2-1-3-11-22)34-31(35-30)28-18-8-12-21-9-4-5-17-27(21)28/h1-20H. The van der Waals surface area contributed by atoms with Crippen molar-refractivity contribution in [2.45, 2.75) is 0 Å². The minimum Gasteiger partial charge on any atom is -0.208 e. The lowest BCUT2D eigenvalue weighted by Crippen LogP contribution is -2.01. The molecule has 0 aliphatic rings. The highest BCUT2D eigenvalue weighted by molar-refractivity contribution is 6.32. The molecule has 0 aliphatic carbocycles. The van der Waals surface area contributed by atoms with Crippen molar-refractivity contribution in [3.8, 4) is 45.3 Å². The van der Waals surface area contributed by atoms with Gasteiger partial charge in [-0.2, -0.15) is 0 Å². The van der Waals surface area contributed by atoms with Crippen LogP contribution >= 0.6 is 0 Å². The molecule has 6 rings (SSSR count). The molecule has 0 fully saturated rings. The number of hydrogen-bond donors (Lipinski definition) is 0. The highest BCUT2D eigenvalue weighted by atomic mass is 15.0. The van der Waals surface area contributed by atoms with Gasteiger partial charge in [0.2, 0.25) is 0 Å². The lowest BCUT2D eigenvalue weighted by atomic mass is 9.92. The van der Waals surface area contributed by atoms with Crippen LogP contribution in [0.2, 0.25) is 0 Å². The van der Waals surface area contributed by atoms with Gasteiger partial charge in [-0.25, -0.2) is 15.0 Å². The first-order chi connectivity index (χ1) is 17.2. The first-order valence-corrected chi connectivity index (χ1v) is 11.5. The third-order valence-corrected chi connectivity index (χ3v) is 6.04. The van der Waals surface area contributed by atoms with Gasteiger partial charge in [0, 0.05) is 16.7 Å². The Labute approximate surface area is 205 Å². The fourth-order valence-corrected chi connectivity index (χ4v) is 4.32. The lowest BCUT2D eigenvalue weighted by molar-refractivity contribution is 1.08. The van der Waals surface area contributed by atoms with E-state index in [0.717, 1.165) is 44.1 Å². The normalized spacial score (nSPS) is 11.0. The van der Waals surface area contributed by atoms with Gasteiger partial charge in [0.1, 0.15) is 7.85 Å². The van der Waals surface area contributed by atoms with Gasteiger partial charge in [-0.3, -0.25) is 0 Å². The van der Waals surface area contributed by atoms with Crippen molar-refractivity contribution in [3.05, 3.63) is 121 Å². The number of rotatable bonds is 4. The first kappa shape index (κ1) is 21.0. The monoisotopic (exact) mass is 445 g/mol. The molecule has 162 valence electrons. The summed E-state index contributed by atoms with van der Waals surface area (Å²) in [4.78, 5) is 14.7. The van der Waals surface area contributed by atoms with Gasteiger partial charge in [0.05, 0.1) is 0 Å². The summed E-state index contributed by atoms with van der Waals surface area (Å²) in [5.74, 6) is 1.93. The van der Waals surface area contributed by atoms with Crippen LogP contribution in [-0.4, -0.2) is 22.8 Å². The fraction of sp³-hybridized carbons (Fsp3) is 0. The summed E-state index contributed by atoms with van der Waals surface area (Å²) in [7, 11) is 6.03. The van der Waals surface area contributed by atoms with E-state index in [1.54, 1.807) is 0 Å². The van der Waals surface area contributed by atoms with Crippen LogP contribution in [0, 0.1) is 0 Å². The maximum absolute atomic E-state index is 6.03. The summed E-state index contributed by atoms with van der Waals surface area (Å²) < 4.78 is 0. The molecular weight excluding hydrogens is 425 g/mol. The maximum Gasteiger partial charge on any atom is 0.164 e. The van der Waals surface area contributed by atoms with Crippen LogP contribution in [0.15, 0.2) is 121 Å². The Kier molecular flexibility index (Phi) is 5.40. The maximum atomic E-state index is 6.03. The molecule has 0 saturated heterocycles. The van der Waals surface area contributed by atoms with Gasteiger partial charge in [0.25, 0.3) is 0 Å². The van der Waals surface area contributed by atoms with Gasteiger partial charge >= 0.3 is 0 Å². The Morgan fingerprint density at radius 1 is 0.429 bits per heavy atom. The third kappa shape index (κ3) is 4.22. The van der Waals surface area contributed by atoms with Gasteiger partial charge in [-0.1, -0.05) is 121 Å². The number of aromatic nitrogens is 3. The molecule has 0 amide bonds. The van der Waals surface area contributed by atoms with Crippen LogP contribution in [0.25, 0.3) is 56.1 Å². The zero-order valence-corrected chi connectivity index (χ0v) is 19.0. The Morgan fingerprint density at radius 2 is 1.00 bits per heavy atom. The lowest BCUT2D eigenvalue weighted by Gasteiger charge is -2.11. The molecule has 0 spiro atoms. The van der Waals surface area contributed by atoms with Crippen LogP contribution in [0.1, 0.15) is 0 Å². The average molecular weight is 445 g/mol. The van der Waals surface area contributed by atoms with E-state index in [9.17, 15) is 0 Å². The molecule has 2 radical (unpaired) electrons. The van der Waals surface area contributed by atoms with Crippen molar-refractivity contribution in [2.24, 2.45) is 0 Å². The molecule has 35 heavy (non-hydrogen) atoms. The topological polar surface area (TPSA) is 38.7 Å². The second kappa shape index (κ2) is 9.00. The molecule has 0 atom stereocenters. The van der Waals surface area contributed by atoms with Crippen LogP contribution in [0.3, 0.4) is 0 Å². The van der Waals surface area contributed by atoms with Gasteiger partial charge < -0.3 is 0 Å². The molecule has 0 N–H and O–H groups in total. The van der Waals surface area contributed by atoms with Crippen molar-refractivity contribution in [1.29, 1.82) is 0 Å². The number of fused-ring (bicyclic) bond motifs is 1. The molecule has 3 nitrogen and oxygen atoms in total. The van der Waals surface area contributed by atoms with E-state index in [1.165, 1.54) is 0 Å². The van der Waals surface area contributed by atoms with Gasteiger partial charge in [-0.15, -0.1) is 0 Å². The fourth-order valence-electron chi connectivity index (χ4n) is 4.32. The number of benzene rings is 5. The molecule has 5 aromatic carbocycles. The van der Waals surface area contributed by atoms with E-state index in [2.05, 4.69) is 42.5 Å². The van der Waals surface area contributed by atoms with E-state index >= 15 is 0 Å². The smallest absolute Gasteiger partial charge is 0.164 e. The Morgan fingerprint density at radius 3 is 1.83 bits per heavy atom. The molecule has 0 bridgehead atoms. The predicted octanol–water partition coefficient (Wildman–Crippen LogP) is 6.49. The van der Waals surface area contributed by atoms with Crippen molar-refractivity contribution in [2.75, 3.05) is 0 Å². The van der Waals surface area contributed by atoms with Crippen LogP contribution in [-0.2, 0) is 0 Å².